The normalized spacial score (nSPS) is 10.3. The van der Waals surface area contributed by atoms with Crippen molar-refractivity contribution in [3.63, 3.8) is 0 Å². The standard InChI is InChI=1S/C11H9BrN2OS/c12-8-3-1-2-7(4-8)10(15)5-9-6-16-11(13)14-9/h1-4,6H,5H2,(H2,13,14). The summed E-state index contributed by atoms with van der Waals surface area (Å²) in [5.41, 5.74) is 6.92. The van der Waals surface area contributed by atoms with Crippen molar-refractivity contribution in [3.05, 3.63) is 45.4 Å². The number of hydrogen-bond donors (Lipinski definition) is 1. The van der Waals surface area contributed by atoms with Gasteiger partial charge in [0, 0.05) is 15.4 Å². The van der Waals surface area contributed by atoms with Crippen LogP contribution in [0.4, 0.5) is 5.13 Å². The maximum absolute atomic E-state index is 11.9. The first-order chi connectivity index (χ1) is 7.65. The lowest BCUT2D eigenvalue weighted by molar-refractivity contribution is 0.0992. The van der Waals surface area contributed by atoms with E-state index >= 15 is 0 Å². The number of hydrogen-bond acceptors (Lipinski definition) is 4. The lowest BCUT2D eigenvalue weighted by Crippen LogP contribution is -2.03. The van der Waals surface area contributed by atoms with Gasteiger partial charge in [0.2, 0.25) is 0 Å². The van der Waals surface area contributed by atoms with E-state index in [4.69, 9.17) is 5.73 Å². The molecule has 0 aliphatic rings. The van der Waals surface area contributed by atoms with Gasteiger partial charge in [0.1, 0.15) is 0 Å². The summed E-state index contributed by atoms with van der Waals surface area (Å²) in [7, 11) is 0. The second kappa shape index (κ2) is 4.76. The molecule has 0 amide bonds. The SMILES string of the molecule is Nc1nc(CC(=O)c2cccc(Br)c2)cs1. The van der Waals surface area contributed by atoms with Crippen LogP contribution in [0.15, 0.2) is 34.1 Å². The first-order valence-corrected chi connectivity index (χ1v) is 6.31. The molecule has 0 atom stereocenters. The number of nitrogens with zero attached hydrogens (tertiary/aromatic N) is 1. The Labute approximate surface area is 105 Å². The first kappa shape index (κ1) is 11.3. The molecule has 1 heterocycles. The molecule has 2 N–H and O–H groups in total. The van der Waals surface area contributed by atoms with Crippen LogP contribution in [0.25, 0.3) is 0 Å². The zero-order valence-electron chi connectivity index (χ0n) is 8.31. The highest BCUT2D eigenvalue weighted by molar-refractivity contribution is 9.10. The van der Waals surface area contributed by atoms with Gasteiger partial charge in [0.25, 0.3) is 0 Å². The molecule has 0 bridgehead atoms. The average molecular weight is 297 g/mol. The number of ketones is 1. The number of thiazole rings is 1. The number of nitrogen functional groups attached to an aromatic ring is 1. The molecule has 1 aromatic heterocycles. The van der Waals surface area contributed by atoms with Crippen molar-refractivity contribution in [2.45, 2.75) is 6.42 Å². The van der Waals surface area contributed by atoms with Gasteiger partial charge >= 0.3 is 0 Å². The summed E-state index contributed by atoms with van der Waals surface area (Å²) in [6.45, 7) is 0. The molecule has 2 rings (SSSR count). The summed E-state index contributed by atoms with van der Waals surface area (Å²) in [6.07, 6.45) is 0.296. The van der Waals surface area contributed by atoms with E-state index in [1.54, 1.807) is 12.1 Å². The third-order valence-corrected chi connectivity index (χ3v) is 3.27. The summed E-state index contributed by atoms with van der Waals surface area (Å²) in [4.78, 5) is 15.9. The number of Topliss-reactive ketones (excluding diaryl/α,β-unsaturated/α-hetero) is 1. The molecular weight excluding hydrogens is 288 g/mol. The number of benzene rings is 1. The van der Waals surface area contributed by atoms with Gasteiger partial charge in [-0.25, -0.2) is 4.98 Å². The van der Waals surface area contributed by atoms with Gasteiger partial charge in [-0.1, -0.05) is 28.1 Å². The third kappa shape index (κ3) is 2.68. The highest BCUT2D eigenvalue weighted by atomic mass is 79.9. The molecular formula is C11H9BrN2OS. The molecule has 3 nitrogen and oxygen atoms in total. The van der Waals surface area contributed by atoms with E-state index in [2.05, 4.69) is 20.9 Å². The Balaban J connectivity index is 2.14. The molecule has 0 spiro atoms. The fraction of sp³-hybridized carbons (Fsp3) is 0.0909. The fourth-order valence-corrected chi connectivity index (χ4v) is 2.29. The van der Waals surface area contributed by atoms with Crippen LogP contribution in [0.5, 0.6) is 0 Å². The fourth-order valence-electron chi connectivity index (χ4n) is 1.33. The Morgan fingerprint density at radius 2 is 2.31 bits per heavy atom. The predicted molar refractivity (Wildman–Crippen MR) is 68.7 cm³/mol. The molecule has 5 heteroatoms. The van der Waals surface area contributed by atoms with Crippen LogP contribution in [0.3, 0.4) is 0 Å². The van der Waals surface area contributed by atoms with Gasteiger partial charge in [-0.3, -0.25) is 4.79 Å². The van der Waals surface area contributed by atoms with Gasteiger partial charge in [0.15, 0.2) is 10.9 Å². The summed E-state index contributed by atoms with van der Waals surface area (Å²) >= 11 is 4.68. The zero-order chi connectivity index (χ0) is 11.5. The van der Waals surface area contributed by atoms with Crippen molar-refractivity contribution < 1.29 is 4.79 Å². The van der Waals surface area contributed by atoms with E-state index < -0.39 is 0 Å². The highest BCUT2D eigenvalue weighted by Crippen LogP contribution is 2.16. The van der Waals surface area contributed by atoms with E-state index in [0.29, 0.717) is 17.1 Å². The van der Waals surface area contributed by atoms with E-state index in [1.807, 2.05) is 17.5 Å². The number of carbonyl (C=O) groups is 1. The van der Waals surface area contributed by atoms with Crippen LogP contribution in [-0.2, 0) is 6.42 Å². The number of halogens is 1. The quantitative estimate of drug-likeness (QED) is 0.886. The van der Waals surface area contributed by atoms with Gasteiger partial charge in [0.05, 0.1) is 12.1 Å². The number of aromatic nitrogens is 1. The van der Waals surface area contributed by atoms with Crippen molar-refractivity contribution in [2.75, 3.05) is 5.73 Å². The topological polar surface area (TPSA) is 56.0 Å². The second-order valence-corrected chi connectivity index (χ2v) is 5.09. The Bertz CT molecular complexity index is 524. The van der Waals surface area contributed by atoms with Crippen molar-refractivity contribution in [1.82, 2.24) is 4.98 Å². The van der Waals surface area contributed by atoms with Crippen LogP contribution in [0, 0.1) is 0 Å². The summed E-state index contributed by atoms with van der Waals surface area (Å²) < 4.78 is 0.899. The minimum absolute atomic E-state index is 0.0478. The van der Waals surface area contributed by atoms with Crippen molar-refractivity contribution in [2.24, 2.45) is 0 Å². The summed E-state index contributed by atoms with van der Waals surface area (Å²) in [6, 6.07) is 7.32. The Morgan fingerprint density at radius 1 is 1.50 bits per heavy atom. The lowest BCUT2D eigenvalue weighted by Gasteiger charge is -1.99. The van der Waals surface area contributed by atoms with Gasteiger partial charge in [-0.15, -0.1) is 11.3 Å². The van der Waals surface area contributed by atoms with Crippen LogP contribution >= 0.6 is 27.3 Å². The van der Waals surface area contributed by atoms with E-state index in [0.717, 1.165) is 10.2 Å². The molecule has 0 radical (unpaired) electrons. The molecule has 0 fully saturated rings. The highest BCUT2D eigenvalue weighted by Gasteiger charge is 2.09. The van der Waals surface area contributed by atoms with Gasteiger partial charge in [-0.2, -0.15) is 0 Å². The molecule has 0 aliphatic heterocycles. The Morgan fingerprint density at radius 3 is 2.94 bits per heavy atom. The molecule has 82 valence electrons. The Hall–Kier alpha value is -1.20. The monoisotopic (exact) mass is 296 g/mol. The van der Waals surface area contributed by atoms with Crippen molar-refractivity contribution in [1.29, 1.82) is 0 Å². The molecule has 2 aromatic rings. The minimum Gasteiger partial charge on any atom is -0.375 e. The summed E-state index contributed by atoms with van der Waals surface area (Å²) in [5, 5.41) is 2.31. The number of carbonyl (C=O) groups excluding carboxylic acids is 1. The van der Waals surface area contributed by atoms with Gasteiger partial charge < -0.3 is 5.73 Å². The van der Waals surface area contributed by atoms with Crippen molar-refractivity contribution in [3.8, 4) is 0 Å². The molecule has 16 heavy (non-hydrogen) atoms. The maximum atomic E-state index is 11.9. The zero-order valence-corrected chi connectivity index (χ0v) is 10.7. The third-order valence-electron chi connectivity index (χ3n) is 2.06. The Kier molecular flexibility index (Phi) is 3.36. The van der Waals surface area contributed by atoms with E-state index in [9.17, 15) is 4.79 Å². The number of nitrogens with two attached hydrogens (primary N) is 1. The minimum atomic E-state index is 0.0478. The predicted octanol–water partition coefficient (Wildman–Crippen LogP) is 2.91. The summed E-state index contributed by atoms with van der Waals surface area (Å²) in [5.74, 6) is 0.0478. The molecule has 1 aromatic carbocycles. The lowest BCUT2D eigenvalue weighted by atomic mass is 10.1. The number of anilines is 1. The molecule has 0 aliphatic carbocycles. The van der Waals surface area contributed by atoms with E-state index in [-0.39, 0.29) is 5.78 Å². The molecule has 0 saturated heterocycles. The second-order valence-electron chi connectivity index (χ2n) is 3.29. The van der Waals surface area contributed by atoms with Crippen LogP contribution in [0.1, 0.15) is 16.1 Å². The molecule has 0 saturated carbocycles. The molecule has 0 unspecified atom stereocenters. The van der Waals surface area contributed by atoms with Crippen LogP contribution in [0.2, 0.25) is 0 Å². The first-order valence-electron chi connectivity index (χ1n) is 4.64. The van der Waals surface area contributed by atoms with Crippen molar-refractivity contribution >= 4 is 38.2 Å². The van der Waals surface area contributed by atoms with Gasteiger partial charge in [-0.05, 0) is 12.1 Å². The average Bonchev–Trinajstić information content (AvgIpc) is 2.64. The van der Waals surface area contributed by atoms with Crippen LogP contribution < -0.4 is 5.73 Å². The van der Waals surface area contributed by atoms with Crippen LogP contribution in [-0.4, -0.2) is 10.8 Å². The number of rotatable bonds is 3. The maximum Gasteiger partial charge on any atom is 0.180 e. The largest absolute Gasteiger partial charge is 0.375 e. The van der Waals surface area contributed by atoms with E-state index in [1.165, 1.54) is 11.3 Å². The smallest absolute Gasteiger partial charge is 0.180 e.